The molecule has 0 saturated carbocycles. The quantitative estimate of drug-likeness (QED) is 0.756. The molecule has 19 heavy (non-hydrogen) atoms. The van der Waals surface area contributed by atoms with Crippen LogP contribution in [-0.4, -0.2) is 29.8 Å². The number of carbonyl (C=O) groups excluding carboxylic acids is 1. The summed E-state index contributed by atoms with van der Waals surface area (Å²) < 4.78 is 5.49. The fraction of sp³-hybridized carbons (Fsp3) is 0.500. The van der Waals surface area contributed by atoms with E-state index in [0.717, 1.165) is 6.42 Å². The number of halogens is 1. The first kappa shape index (κ1) is 15.8. The second kappa shape index (κ2) is 8.02. The third-order valence-corrected chi connectivity index (χ3v) is 2.81. The predicted octanol–water partition coefficient (Wildman–Crippen LogP) is 2.38. The largest absolute Gasteiger partial charge is 0.481 e. The van der Waals surface area contributed by atoms with Gasteiger partial charge in [-0.05, 0) is 44.9 Å². The Morgan fingerprint density at radius 1 is 1.47 bits per heavy atom. The first-order valence-electron chi connectivity index (χ1n) is 6.37. The normalized spacial score (nSPS) is 13.7. The standard InChI is InChI=1S/C14H20ClNO3/c1-10(17)5-4-8-16-14(18)11(2)19-13-7-3-6-12(15)9-13/h3,6-7,9-11,17H,4-5,8H2,1-2H3,(H,16,18). The Morgan fingerprint density at radius 2 is 2.21 bits per heavy atom. The number of hydrogen-bond donors (Lipinski definition) is 2. The lowest BCUT2D eigenvalue weighted by Gasteiger charge is -2.15. The monoisotopic (exact) mass is 285 g/mol. The predicted molar refractivity (Wildman–Crippen MR) is 75.5 cm³/mol. The van der Waals surface area contributed by atoms with Crippen molar-refractivity contribution in [2.75, 3.05) is 6.54 Å². The number of aliphatic hydroxyl groups excluding tert-OH is 1. The fourth-order valence-electron chi connectivity index (χ4n) is 1.55. The van der Waals surface area contributed by atoms with E-state index in [4.69, 9.17) is 21.4 Å². The number of rotatable bonds is 7. The number of nitrogens with one attached hydrogen (secondary N) is 1. The molecule has 5 heteroatoms. The van der Waals surface area contributed by atoms with Gasteiger partial charge in [-0.25, -0.2) is 0 Å². The molecule has 0 aliphatic heterocycles. The number of hydrogen-bond acceptors (Lipinski definition) is 3. The molecular weight excluding hydrogens is 266 g/mol. The highest BCUT2D eigenvalue weighted by Gasteiger charge is 2.14. The summed E-state index contributed by atoms with van der Waals surface area (Å²) in [4.78, 5) is 11.7. The molecular formula is C14H20ClNO3. The second-order valence-corrected chi connectivity index (χ2v) is 4.94. The van der Waals surface area contributed by atoms with Gasteiger partial charge < -0.3 is 15.2 Å². The van der Waals surface area contributed by atoms with E-state index in [1.165, 1.54) is 0 Å². The highest BCUT2D eigenvalue weighted by molar-refractivity contribution is 6.30. The van der Waals surface area contributed by atoms with E-state index in [1.807, 2.05) is 0 Å². The molecule has 0 radical (unpaired) electrons. The van der Waals surface area contributed by atoms with Gasteiger partial charge in [-0.3, -0.25) is 4.79 Å². The molecule has 1 aromatic rings. The molecule has 1 rings (SSSR count). The van der Waals surface area contributed by atoms with E-state index in [2.05, 4.69) is 5.32 Å². The van der Waals surface area contributed by atoms with Crippen molar-refractivity contribution in [1.82, 2.24) is 5.32 Å². The number of ether oxygens (including phenoxy) is 1. The van der Waals surface area contributed by atoms with Crippen LogP contribution in [0.4, 0.5) is 0 Å². The number of carbonyl (C=O) groups is 1. The van der Waals surface area contributed by atoms with Gasteiger partial charge in [-0.1, -0.05) is 17.7 Å². The van der Waals surface area contributed by atoms with E-state index in [0.29, 0.717) is 23.7 Å². The van der Waals surface area contributed by atoms with Crippen LogP contribution in [0.2, 0.25) is 5.02 Å². The zero-order chi connectivity index (χ0) is 14.3. The molecule has 0 heterocycles. The van der Waals surface area contributed by atoms with Crippen LogP contribution in [0.25, 0.3) is 0 Å². The Balaban J connectivity index is 2.32. The van der Waals surface area contributed by atoms with Gasteiger partial charge in [-0.2, -0.15) is 0 Å². The summed E-state index contributed by atoms with van der Waals surface area (Å²) in [7, 11) is 0. The molecule has 0 aliphatic rings. The van der Waals surface area contributed by atoms with Crippen LogP contribution in [0, 0.1) is 0 Å². The molecule has 2 unspecified atom stereocenters. The maximum Gasteiger partial charge on any atom is 0.260 e. The third-order valence-electron chi connectivity index (χ3n) is 2.58. The minimum absolute atomic E-state index is 0.175. The molecule has 2 atom stereocenters. The van der Waals surface area contributed by atoms with Crippen molar-refractivity contribution < 1.29 is 14.6 Å². The Labute approximate surface area is 118 Å². The first-order chi connectivity index (χ1) is 8.99. The van der Waals surface area contributed by atoms with Crippen LogP contribution in [0.5, 0.6) is 5.75 Å². The van der Waals surface area contributed by atoms with E-state index in [9.17, 15) is 4.79 Å². The second-order valence-electron chi connectivity index (χ2n) is 4.50. The lowest BCUT2D eigenvalue weighted by molar-refractivity contribution is -0.127. The lowest BCUT2D eigenvalue weighted by Crippen LogP contribution is -2.37. The molecule has 1 amide bonds. The van der Waals surface area contributed by atoms with Gasteiger partial charge in [0.2, 0.25) is 0 Å². The summed E-state index contributed by atoms with van der Waals surface area (Å²) in [6.07, 6.45) is 0.499. The Bertz CT molecular complexity index is 409. The summed E-state index contributed by atoms with van der Waals surface area (Å²) >= 11 is 5.84. The average Bonchev–Trinajstić information content (AvgIpc) is 2.34. The van der Waals surface area contributed by atoms with Crippen LogP contribution in [0.3, 0.4) is 0 Å². The smallest absolute Gasteiger partial charge is 0.260 e. The lowest BCUT2D eigenvalue weighted by atomic mass is 10.2. The number of aliphatic hydroxyl groups is 1. The highest BCUT2D eigenvalue weighted by Crippen LogP contribution is 2.18. The topological polar surface area (TPSA) is 58.6 Å². The number of amides is 1. The summed E-state index contributed by atoms with van der Waals surface area (Å²) in [5.41, 5.74) is 0. The van der Waals surface area contributed by atoms with Crippen LogP contribution in [0.15, 0.2) is 24.3 Å². The van der Waals surface area contributed by atoms with Crippen LogP contribution in [0.1, 0.15) is 26.7 Å². The Kier molecular flexibility index (Phi) is 6.67. The van der Waals surface area contributed by atoms with Gasteiger partial charge in [0.15, 0.2) is 6.10 Å². The first-order valence-corrected chi connectivity index (χ1v) is 6.75. The Morgan fingerprint density at radius 3 is 2.84 bits per heavy atom. The fourth-order valence-corrected chi connectivity index (χ4v) is 1.73. The van der Waals surface area contributed by atoms with Crippen molar-refractivity contribution >= 4 is 17.5 Å². The molecule has 0 bridgehead atoms. The zero-order valence-electron chi connectivity index (χ0n) is 11.2. The summed E-state index contributed by atoms with van der Waals surface area (Å²) in [5.74, 6) is 0.393. The van der Waals surface area contributed by atoms with E-state index >= 15 is 0 Å². The molecule has 0 aliphatic carbocycles. The van der Waals surface area contributed by atoms with Gasteiger partial charge in [0.1, 0.15) is 5.75 Å². The molecule has 1 aromatic carbocycles. The van der Waals surface area contributed by atoms with Gasteiger partial charge in [0.25, 0.3) is 5.91 Å². The maximum atomic E-state index is 11.7. The van der Waals surface area contributed by atoms with Gasteiger partial charge in [-0.15, -0.1) is 0 Å². The molecule has 0 fully saturated rings. The van der Waals surface area contributed by atoms with Gasteiger partial charge >= 0.3 is 0 Å². The van der Waals surface area contributed by atoms with Crippen LogP contribution < -0.4 is 10.1 Å². The van der Waals surface area contributed by atoms with Crippen molar-refractivity contribution in [2.24, 2.45) is 0 Å². The molecule has 0 spiro atoms. The maximum absolute atomic E-state index is 11.7. The van der Waals surface area contributed by atoms with E-state index in [-0.39, 0.29) is 12.0 Å². The summed E-state index contributed by atoms with van der Waals surface area (Å²) in [6, 6.07) is 6.93. The molecule has 2 N–H and O–H groups in total. The van der Waals surface area contributed by atoms with Crippen LogP contribution in [-0.2, 0) is 4.79 Å². The van der Waals surface area contributed by atoms with Crippen molar-refractivity contribution in [3.05, 3.63) is 29.3 Å². The zero-order valence-corrected chi connectivity index (χ0v) is 12.0. The van der Waals surface area contributed by atoms with E-state index < -0.39 is 6.10 Å². The third kappa shape index (κ3) is 6.45. The Hall–Kier alpha value is -1.26. The SMILES string of the molecule is CC(O)CCCNC(=O)C(C)Oc1cccc(Cl)c1. The number of benzene rings is 1. The van der Waals surface area contributed by atoms with E-state index in [1.54, 1.807) is 38.1 Å². The van der Waals surface area contributed by atoms with Crippen LogP contribution >= 0.6 is 11.6 Å². The minimum atomic E-state index is -0.579. The average molecular weight is 286 g/mol. The molecule has 0 aromatic heterocycles. The van der Waals surface area contributed by atoms with Crippen molar-refractivity contribution in [1.29, 1.82) is 0 Å². The highest BCUT2D eigenvalue weighted by atomic mass is 35.5. The minimum Gasteiger partial charge on any atom is -0.481 e. The van der Waals surface area contributed by atoms with Crippen molar-refractivity contribution in [2.45, 2.75) is 38.9 Å². The summed E-state index contributed by atoms with van der Waals surface area (Å²) in [6.45, 7) is 3.95. The van der Waals surface area contributed by atoms with Crippen molar-refractivity contribution in [3.63, 3.8) is 0 Å². The molecule has 4 nitrogen and oxygen atoms in total. The van der Waals surface area contributed by atoms with Gasteiger partial charge in [0, 0.05) is 11.6 Å². The molecule has 106 valence electrons. The van der Waals surface area contributed by atoms with Gasteiger partial charge in [0.05, 0.1) is 6.10 Å². The van der Waals surface area contributed by atoms with Crippen molar-refractivity contribution in [3.8, 4) is 5.75 Å². The summed E-state index contributed by atoms with van der Waals surface area (Å²) in [5, 5.41) is 12.4. The molecule has 0 saturated heterocycles.